The van der Waals surface area contributed by atoms with E-state index in [0.29, 0.717) is 18.0 Å². The highest BCUT2D eigenvalue weighted by molar-refractivity contribution is 7.89. The van der Waals surface area contributed by atoms with E-state index in [0.717, 1.165) is 57.5 Å². The van der Waals surface area contributed by atoms with Gasteiger partial charge in [0.2, 0.25) is 10.0 Å². The summed E-state index contributed by atoms with van der Waals surface area (Å²) in [6.45, 7) is 4.34. The molecule has 2 aliphatic rings. The average molecular weight is 395 g/mol. The van der Waals surface area contributed by atoms with Gasteiger partial charge in [0.05, 0.1) is 10.5 Å². The molecule has 0 spiro atoms. The van der Waals surface area contributed by atoms with Crippen LogP contribution >= 0.6 is 0 Å². The molecule has 2 N–H and O–H groups in total. The largest absolute Gasteiger partial charge is 0.371 e. The van der Waals surface area contributed by atoms with Crippen LogP contribution in [-0.2, 0) is 10.0 Å². The number of carbonyl (C=O) groups excluding carboxylic acids is 1. The number of anilines is 1. The van der Waals surface area contributed by atoms with Gasteiger partial charge in [0.15, 0.2) is 0 Å². The van der Waals surface area contributed by atoms with Crippen LogP contribution in [-0.4, -0.2) is 65.4 Å². The summed E-state index contributed by atoms with van der Waals surface area (Å²) >= 11 is 0. The minimum Gasteiger partial charge on any atom is -0.371 e. The lowest BCUT2D eigenvalue weighted by atomic mass is 9.99. The molecule has 0 aromatic heterocycles. The number of amides is 1. The van der Waals surface area contributed by atoms with Crippen LogP contribution in [0, 0.1) is 5.92 Å². The van der Waals surface area contributed by atoms with E-state index in [2.05, 4.69) is 15.5 Å². The second-order valence-corrected chi connectivity index (χ2v) is 9.73. The van der Waals surface area contributed by atoms with Gasteiger partial charge in [-0.05, 0) is 62.9 Å². The normalized spacial score (nSPS) is 20.9. The van der Waals surface area contributed by atoms with Crippen molar-refractivity contribution in [3.05, 3.63) is 23.8 Å². The molecule has 1 aromatic carbocycles. The summed E-state index contributed by atoms with van der Waals surface area (Å²) in [5.41, 5.74) is 1.27. The van der Waals surface area contributed by atoms with Crippen molar-refractivity contribution in [3.8, 4) is 0 Å². The maximum absolute atomic E-state index is 12.9. The average Bonchev–Trinajstić information content (AvgIpc) is 3.21. The van der Waals surface area contributed by atoms with Crippen molar-refractivity contribution < 1.29 is 13.2 Å². The van der Waals surface area contributed by atoms with Crippen molar-refractivity contribution in [2.45, 2.75) is 30.6 Å². The Labute approximate surface area is 162 Å². The molecule has 2 saturated heterocycles. The number of piperidine rings is 1. The van der Waals surface area contributed by atoms with E-state index in [1.807, 2.05) is 0 Å². The van der Waals surface area contributed by atoms with Crippen LogP contribution in [0.1, 0.15) is 36.0 Å². The standard InChI is InChI=1S/C19H30N4O3S/c1-22(2)27(25,26)16-7-8-18(23-10-3-4-11-23)17(12-16)19(24)21-14-15-6-5-9-20-13-15/h7-8,12,15,20H,3-6,9-11,13-14H2,1-2H3,(H,21,24). The zero-order chi connectivity index (χ0) is 19.4. The zero-order valence-electron chi connectivity index (χ0n) is 16.2. The summed E-state index contributed by atoms with van der Waals surface area (Å²) in [6.07, 6.45) is 4.40. The monoisotopic (exact) mass is 394 g/mol. The van der Waals surface area contributed by atoms with Crippen molar-refractivity contribution >= 4 is 21.6 Å². The highest BCUT2D eigenvalue weighted by Crippen LogP contribution is 2.28. The fourth-order valence-corrected chi connectivity index (χ4v) is 4.66. The van der Waals surface area contributed by atoms with Gasteiger partial charge in [-0.1, -0.05) is 0 Å². The van der Waals surface area contributed by atoms with Gasteiger partial charge in [-0.2, -0.15) is 0 Å². The van der Waals surface area contributed by atoms with Crippen molar-refractivity contribution in [2.75, 3.05) is 51.7 Å². The molecule has 0 bridgehead atoms. The molecule has 1 aromatic rings. The molecule has 1 unspecified atom stereocenters. The summed E-state index contributed by atoms with van der Waals surface area (Å²) in [7, 11) is -0.585. The first kappa shape index (κ1) is 20.1. The molecule has 150 valence electrons. The number of nitrogens with one attached hydrogen (secondary N) is 2. The van der Waals surface area contributed by atoms with Gasteiger partial charge in [-0.15, -0.1) is 0 Å². The molecule has 1 atom stereocenters. The molecule has 1 amide bonds. The first-order chi connectivity index (χ1) is 12.9. The molecule has 2 aliphatic heterocycles. The maximum Gasteiger partial charge on any atom is 0.253 e. The van der Waals surface area contributed by atoms with Gasteiger partial charge in [-0.3, -0.25) is 4.79 Å². The van der Waals surface area contributed by atoms with E-state index in [9.17, 15) is 13.2 Å². The maximum atomic E-state index is 12.9. The summed E-state index contributed by atoms with van der Waals surface area (Å²) in [5, 5.41) is 6.38. The van der Waals surface area contributed by atoms with Gasteiger partial charge >= 0.3 is 0 Å². The Bertz CT molecular complexity index is 767. The van der Waals surface area contributed by atoms with Gasteiger partial charge in [0, 0.05) is 39.4 Å². The van der Waals surface area contributed by atoms with E-state index in [4.69, 9.17) is 0 Å². The fourth-order valence-electron chi connectivity index (χ4n) is 3.73. The van der Waals surface area contributed by atoms with E-state index >= 15 is 0 Å². The number of rotatable bonds is 6. The number of carbonyl (C=O) groups is 1. The Morgan fingerprint density at radius 1 is 1.26 bits per heavy atom. The smallest absolute Gasteiger partial charge is 0.253 e. The second kappa shape index (κ2) is 8.58. The van der Waals surface area contributed by atoms with Crippen LogP contribution < -0.4 is 15.5 Å². The number of hydrogen-bond acceptors (Lipinski definition) is 5. The Morgan fingerprint density at radius 3 is 2.63 bits per heavy atom. The molecule has 8 heteroatoms. The van der Waals surface area contributed by atoms with Crippen LogP contribution in [0.3, 0.4) is 0 Å². The summed E-state index contributed by atoms with van der Waals surface area (Å²) in [6, 6.07) is 4.90. The molecule has 0 saturated carbocycles. The number of nitrogens with zero attached hydrogens (tertiary/aromatic N) is 2. The quantitative estimate of drug-likeness (QED) is 0.759. The van der Waals surface area contributed by atoms with E-state index in [1.54, 1.807) is 12.1 Å². The van der Waals surface area contributed by atoms with E-state index in [1.165, 1.54) is 24.5 Å². The van der Waals surface area contributed by atoms with Crippen molar-refractivity contribution in [1.82, 2.24) is 14.9 Å². The third kappa shape index (κ3) is 4.62. The van der Waals surface area contributed by atoms with Crippen LogP contribution in [0.15, 0.2) is 23.1 Å². The Balaban J connectivity index is 1.85. The Hall–Kier alpha value is -1.64. The van der Waals surface area contributed by atoms with Crippen LogP contribution in [0.5, 0.6) is 0 Å². The summed E-state index contributed by atoms with van der Waals surface area (Å²) < 4.78 is 26.2. The first-order valence-electron chi connectivity index (χ1n) is 9.70. The lowest BCUT2D eigenvalue weighted by molar-refractivity contribution is 0.0945. The van der Waals surface area contributed by atoms with Crippen LogP contribution in [0.25, 0.3) is 0 Å². The molecular weight excluding hydrogens is 364 g/mol. The molecule has 27 heavy (non-hydrogen) atoms. The molecule has 0 aliphatic carbocycles. The Kier molecular flexibility index (Phi) is 6.39. The second-order valence-electron chi connectivity index (χ2n) is 7.58. The highest BCUT2D eigenvalue weighted by Gasteiger charge is 2.25. The van der Waals surface area contributed by atoms with E-state index < -0.39 is 10.0 Å². The zero-order valence-corrected chi connectivity index (χ0v) is 17.0. The lowest BCUT2D eigenvalue weighted by Gasteiger charge is -2.25. The van der Waals surface area contributed by atoms with Gasteiger partial charge in [0.1, 0.15) is 0 Å². The van der Waals surface area contributed by atoms with Crippen LogP contribution in [0.4, 0.5) is 5.69 Å². The molecule has 0 radical (unpaired) electrons. The number of sulfonamides is 1. The van der Waals surface area contributed by atoms with E-state index in [-0.39, 0.29) is 10.8 Å². The lowest BCUT2D eigenvalue weighted by Crippen LogP contribution is -2.38. The van der Waals surface area contributed by atoms with Gasteiger partial charge in [-0.25, -0.2) is 12.7 Å². The first-order valence-corrected chi connectivity index (χ1v) is 11.1. The predicted molar refractivity (Wildman–Crippen MR) is 107 cm³/mol. The Morgan fingerprint density at radius 2 is 2.00 bits per heavy atom. The van der Waals surface area contributed by atoms with Crippen molar-refractivity contribution in [3.63, 3.8) is 0 Å². The minimum atomic E-state index is -3.58. The third-order valence-corrected chi connectivity index (χ3v) is 7.20. The molecule has 7 nitrogen and oxygen atoms in total. The summed E-state index contributed by atoms with van der Waals surface area (Å²) in [5.74, 6) is 0.227. The van der Waals surface area contributed by atoms with Crippen molar-refractivity contribution in [2.24, 2.45) is 5.92 Å². The number of hydrogen-bond donors (Lipinski definition) is 2. The highest BCUT2D eigenvalue weighted by atomic mass is 32.2. The number of benzene rings is 1. The molecular formula is C19H30N4O3S. The van der Waals surface area contributed by atoms with Crippen LogP contribution in [0.2, 0.25) is 0 Å². The third-order valence-electron chi connectivity index (χ3n) is 5.39. The SMILES string of the molecule is CN(C)S(=O)(=O)c1ccc(N2CCCC2)c(C(=O)NCC2CCCNC2)c1. The van der Waals surface area contributed by atoms with Gasteiger partial charge < -0.3 is 15.5 Å². The van der Waals surface area contributed by atoms with Crippen molar-refractivity contribution in [1.29, 1.82) is 0 Å². The topological polar surface area (TPSA) is 81.8 Å². The fraction of sp³-hybridized carbons (Fsp3) is 0.632. The molecule has 2 fully saturated rings. The molecule has 3 rings (SSSR count). The predicted octanol–water partition coefficient (Wildman–Crippen LogP) is 1.27. The van der Waals surface area contributed by atoms with Gasteiger partial charge in [0.25, 0.3) is 5.91 Å². The minimum absolute atomic E-state index is 0.153. The molecule has 2 heterocycles. The summed E-state index contributed by atoms with van der Waals surface area (Å²) in [4.78, 5) is 15.3.